The maximum atomic E-state index is 12.7. The number of methoxy groups -OCH3 is 1. The van der Waals surface area contributed by atoms with E-state index >= 15 is 0 Å². The van der Waals surface area contributed by atoms with Crippen LogP contribution in [0.1, 0.15) is 16.1 Å². The summed E-state index contributed by atoms with van der Waals surface area (Å²) in [5, 5.41) is 7.39. The van der Waals surface area contributed by atoms with Crippen LogP contribution in [0.15, 0.2) is 24.3 Å². The number of halogens is 1. The molecule has 0 unspecified atom stereocenters. The molecule has 0 bridgehead atoms. The van der Waals surface area contributed by atoms with Crippen molar-refractivity contribution in [2.24, 2.45) is 0 Å². The molecule has 0 saturated carbocycles. The molecule has 6 nitrogen and oxygen atoms in total. The van der Waals surface area contributed by atoms with Crippen LogP contribution in [0.2, 0.25) is 0 Å². The Labute approximate surface area is 102 Å². The van der Waals surface area contributed by atoms with Gasteiger partial charge in [-0.25, -0.2) is 13.9 Å². The van der Waals surface area contributed by atoms with Gasteiger partial charge in [0.1, 0.15) is 5.82 Å². The van der Waals surface area contributed by atoms with Gasteiger partial charge in [0.25, 0.3) is 0 Å². The summed E-state index contributed by atoms with van der Waals surface area (Å²) in [7, 11) is 1.24. The number of anilines is 1. The molecule has 0 fully saturated rings. The lowest BCUT2D eigenvalue weighted by Crippen LogP contribution is -2.09. The minimum atomic E-state index is -0.641. The van der Waals surface area contributed by atoms with Crippen LogP contribution in [-0.4, -0.2) is 28.1 Å². The molecule has 94 valence electrons. The van der Waals surface area contributed by atoms with E-state index in [0.29, 0.717) is 6.54 Å². The second kappa shape index (κ2) is 4.82. The van der Waals surface area contributed by atoms with E-state index in [-0.39, 0.29) is 17.3 Å². The molecule has 7 heteroatoms. The second-order valence-corrected chi connectivity index (χ2v) is 3.60. The number of esters is 1. The fourth-order valence-electron chi connectivity index (χ4n) is 1.44. The van der Waals surface area contributed by atoms with Crippen molar-refractivity contribution >= 4 is 11.8 Å². The summed E-state index contributed by atoms with van der Waals surface area (Å²) in [5.74, 6) is -0.843. The molecular weight excluding hydrogens is 239 g/mol. The highest BCUT2D eigenvalue weighted by Gasteiger charge is 2.17. The predicted octanol–water partition coefficient (Wildman–Crippen LogP) is 0.834. The van der Waals surface area contributed by atoms with Gasteiger partial charge in [0.2, 0.25) is 5.69 Å². The number of hydrogen-bond acceptors (Lipinski definition) is 5. The minimum Gasteiger partial charge on any atom is -0.464 e. The lowest BCUT2D eigenvalue weighted by atomic mass is 10.2. The molecule has 0 aliphatic rings. The van der Waals surface area contributed by atoms with E-state index in [4.69, 9.17) is 5.73 Å². The molecule has 1 aromatic carbocycles. The fraction of sp³-hybridized carbons (Fsp3) is 0.182. The quantitative estimate of drug-likeness (QED) is 0.816. The van der Waals surface area contributed by atoms with Crippen molar-refractivity contribution in [3.63, 3.8) is 0 Å². The zero-order valence-electron chi connectivity index (χ0n) is 9.63. The summed E-state index contributed by atoms with van der Waals surface area (Å²) in [6.07, 6.45) is 0. The monoisotopic (exact) mass is 250 g/mol. The maximum Gasteiger partial charge on any atom is 0.362 e. The van der Waals surface area contributed by atoms with E-state index in [2.05, 4.69) is 15.0 Å². The fourth-order valence-corrected chi connectivity index (χ4v) is 1.44. The van der Waals surface area contributed by atoms with Crippen LogP contribution in [0.4, 0.5) is 10.2 Å². The van der Waals surface area contributed by atoms with Crippen molar-refractivity contribution in [2.45, 2.75) is 6.54 Å². The summed E-state index contributed by atoms with van der Waals surface area (Å²) in [5.41, 5.74) is 6.49. The normalized spacial score (nSPS) is 10.3. The van der Waals surface area contributed by atoms with Crippen molar-refractivity contribution in [3.05, 3.63) is 41.3 Å². The molecule has 2 N–H and O–H groups in total. The number of aromatic nitrogens is 3. The Hall–Kier alpha value is -2.44. The van der Waals surface area contributed by atoms with Crippen LogP contribution in [0.25, 0.3) is 0 Å². The van der Waals surface area contributed by atoms with Crippen molar-refractivity contribution in [3.8, 4) is 0 Å². The average molecular weight is 250 g/mol. The van der Waals surface area contributed by atoms with Gasteiger partial charge in [-0.2, -0.15) is 0 Å². The van der Waals surface area contributed by atoms with Gasteiger partial charge in [0.15, 0.2) is 5.82 Å². The van der Waals surface area contributed by atoms with Crippen molar-refractivity contribution in [2.75, 3.05) is 12.8 Å². The highest BCUT2D eigenvalue weighted by Crippen LogP contribution is 2.12. The zero-order chi connectivity index (χ0) is 13.1. The summed E-state index contributed by atoms with van der Waals surface area (Å²) < 4.78 is 18.6. The molecule has 0 aliphatic carbocycles. The van der Waals surface area contributed by atoms with E-state index in [1.807, 2.05) is 0 Å². The van der Waals surface area contributed by atoms with Crippen LogP contribution >= 0.6 is 0 Å². The lowest BCUT2D eigenvalue weighted by Gasteiger charge is -2.03. The van der Waals surface area contributed by atoms with Crippen LogP contribution in [-0.2, 0) is 11.3 Å². The Bertz CT molecular complexity index is 565. The molecule has 2 rings (SSSR count). The number of carbonyl (C=O) groups is 1. The highest BCUT2D eigenvalue weighted by atomic mass is 19.1. The Morgan fingerprint density at radius 3 is 2.72 bits per heavy atom. The number of rotatable bonds is 3. The molecule has 0 aliphatic heterocycles. The molecule has 0 atom stereocenters. The molecule has 0 saturated heterocycles. The van der Waals surface area contributed by atoms with Crippen LogP contribution in [0.3, 0.4) is 0 Å². The number of nitrogens with zero attached hydrogens (tertiary/aromatic N) is 3. The lowest BCUT2D eigenvalue weighted by molar-refractivity contribution is 0.0595. The standard InChI is InChI=1S/C11H11FN4O2/c1-18-11(17)9-10(13)16(15-14-9)6-7-2-4-8(12)5-3-7/h2-5H,6,13H2,1H3. The molecule has 1 heterocycles. The molecule has 0 amide bonds. The van der Waals surface area contributed by atoms with Gasteiger partial charge in [-0.05, 0) is 17.7 Å². The number of ether oxygens (including phenoxy) is 1. The molecule has 1 aromatic heterocycles. The van der Waals surface area contributed by atoms with Crippen LogP contribution < -0.4 is 5.73 Å². The smallest absolute Gasteiger partial charge is 0.362 e. The van der Waals surface area contributed by atoms with Crippen molar-refractivity contribution in [1.82, 2.24) is 15.0 Å². The van der Waals surface area contributed by atoms with Gasteiger partial charge in [0, 0.05) is 0 Å². The number of benzene rings is 1. The number of nitrogens with two attached hydrogens (primary N) is 1. The predicted molar refractivity (Wildman–Crippen MR) is 61.3 cm³/mol. The van der Waals surface area contributed by atoms with E-state index in [1.54, 1.807) is 12.1 Å². The third kappa shape index (κ3) is 2.29. The van der Waals surface area contributed by atoms with Gasteiger partial charge in [-0.3, -0.25) is 0 Å². The van der Waals surface area contributed by atoms with Gasteiger partial charge in [-0.15, -0.1) is 5.10 Å². The van der Waals surface area contributed by atoms with E-state index in [9.17, 15) is 9.18 Å². The maximum absolute atomic E-state index is 12.7. The van der Waals surface area contributed by atoms with Gasteiger partial charge in [0.05, 0.1) is 13.7 Å². The van der Waals surface area contributed by atoms with Crippen molar-refractivity contribution < 1.29 is 13.9 Å². The summed E-state index contributed by atoms with van der Waals surface area (Å²) >= 11 is 0. The largest absolute Gasteiger partial charge is 0.464 e. The first kappa shape index (κ1) is 12.0. The Kier molecular flexibility index (Phi) is 3.22. The van der Waals surface area contributed by atoms with Crippen molar-refractivity contribution in [1.29, 1.82) is 0 Å². The van der Waals surface area contributed by atoms with E-state index in [1.165, 1.54) is 23.9 Å². The number of hydrogen-bond donors (Lipinski definition) is 1. The summed E-state index contributed by atoms with van der Waals surface area (Å²) in [6.45, 7) is 0.302. The third-order valence-electron chi connectivity index (χ3n) is 2.40. The first-order valence-corrected chi connectivity index (χ1v) is 5.13. The molecule has 18 heavy (non-hydrogen) atoms. The van der Waals surface area contributed by atoms with E-state index < -0.39 is 5.97 Å². The number of carbonyl (C=O) groups excluding carboxylic acids is 1. The number of nitrogen functional groups attached to an aromatic ring is 1. The second-order valence-electron chi connectivity index (χ2n) is 3.60. The highest BCUT2D eigenvalue weighted by molar-refractivity contribution is 5.91. The van der Waals surface area contributed by atoms with E-state index in [0.717, 1.165) is 5.56 Å². The minimum absolute atomic E-state index is 0.0281. The summed E-state index contributed by atoms with van der Waals surface area (Å²) in [4.78, 5) is 11.3. The molecule has 0 radical (unpaired) electrons. The first-order chi connectivity index (χ1) is 8.61. The summed E-state index contributed by atoms with van der Waals surface area (Å²) in [6, 6.07) is 5.88. The average Bonchev–Trinajstić information content (AvgIpc) is 2.73. The van der Waals surface area contributed by atoms with Gasteiger partial charge >= 0.3 is 5.97 Å². The SMILES string of the molecule is COC(=O)c1nnn(Cc2ccc(F)cc2)c1N. The molecular formula is C11H11FN4O2. The van der Waals surface area contributed by atoms with Crippen LogP contribution in [0.5, 0.6) is 0 Å². The first-order valence-electron chi connectivity index (χ1n) is 5.13. The molecule has 2 aromatic rings. The topological polar surface area (TPSA) is 83.0 Å². The van der Waals surface area contributed by atoms with Gasteiger partial charge in [-0.1, -0.05) is 17.3 Å². The van der Waals surface area contributed by atoms with Gasteiger partial charge < -0.3 is 10.5 Å². The zero-order valence-corrected chi connectivity index (χ0v) is 9.63. The Morgan fingerprint density at radius 2 is 2.11 bits per heavy atom. The van der Waals surface area contributed by atoms with Crippen LogP contribution in [0, 0.1) is 5.82 Å². The molecule has 0 spiro atoms. The Morgan fingerprint density at radius 1 is 1.44 bits per heavy atom. The third-order valence-corrected chi connectivity index (χ3v) is 2.40. The Balaban J connectivity index is 2.22.